The number of aliphatic hydroxyl groups is 1. The number of benzene rings is 1. The Kier molecular flexibility index (Phi) is 4.30. The minimum absolute atomic E-state index is 0.0679. The number of likely N-dealkylation sites (N-methyl/N-ethyl adjacent to an activating group) is 1. The second-order valence-electron chi connectivity index (χ2n) is 4.58. The van der Waals surface area contributed by atoms with Crippen LogP contribution in [-0.2, 0) is 6.54 Å². The smallest absolute Gasteiger partial charge is 0.141 e. The minimum Gasteiger partial charge on any atom is -0.394 e. The van der Waals surface area contributed by atoms with Crippen molar-refractivity contribution in [2.24, 2.45) is 0 Å². The van der Waals surface area contributed by atoms with E-state index >= 15 is 0 Å². The Balaban J connectivity index is 2.77. The van der Waals surface area contributed by atoms with Gasteiger partial charge in [-0.05, 0) is 38.6 Å². The summed E-state index contributed by atoms with van der Waals surface area (Å²) in [5.41, 5.74) is 0.622. The van der Waals surface area contributed by atoms with Crippen LogP contribution >= 0.6 is 11.6 Å². The first kappa shape index (κ1) is 13.4. The van der Waals surface area contributed by atoms with Gasteiger partial charge >= 0.3 is 0 Å². The zero-order valence-corrected chi connectivity index (χ0v) is 10.6. The highest BCUT2D eigenvalue weighted by Crippen LogP contribution is 2.19. The number of rotatable bonds is 4. The lowest BCUT2D eigenvalue weighted by molar-refractivity contribution is 0.0734. The molecule has 0 aromatic heterocycles. The molecule has 0 aliphatic carbocycles. The molecule has 0 atom stereocenters. The van der Waals surface area contributed by atoms with Crippen LogP contribution in [0.15, 0.2) is 18.2 Å². The second kappa shape index (κ2) is 5.13. The third kappa shape index (κ3) is 3.17. The largest absolute Gasteiger partial charge is 0.394 e. The molecule has 0 radical (unpaired) electrons. The maximum atomic E-state index is 13.0. The molecule has 0 unspecified atom stereocenters. The molecule has 0 saturated heterocycles. The number of aliphatic hydroxyl groups excluding tert-OH is 1. The van der Waals surface area contributed by atoms with Crippen molar-refractivity contribution in [3.05, 3.63) is 34.6 Å². The number of halogens is 2. The summed E-state index contributed by atoms with van der Waals surface area (Å²) in [6, 6.07) is 4.67. The first-order valence-electron chi connectivity index (χ1n) is 5.13. The molecule has 0 bridgehead atoms. The van der Waals surface area contributed by atoms with Gasteiger partial charge in [-0.25, -0.2) is 4.39 Å². The van der Waals surface area contributed by atoms with Crippen LogP contribution in [0.2, 0.25) is 5.02 Å². The van der Waals surface area contributed by atoms with Gasteiger partial charge in [0.2, 0.25) is 0 Å². The van der Waals surface area contributed by atoms with Crippen LogP contribution in [0.25, 0.3) is 0 Å². The highest BCUT2D eigenvalue weighted by molar-refractivity contribution is 6.30. The van der Waals surface area contributed by atoms with Gasteiger partial charge in [-0.15, -0.1) is 0 Å². The van der Waals surface area contributed by atoms with E-state index in [4.69, 9.17) is 11.6 Å². The van der Waals surface area contributed by atoms with Crippen molar-refractivity contribution in [2.45, 2.75) is 25.9 Å². The number of hydrogen-bond donors (Lipinski definition) is 1. The molecule has 0 spiro atoms. The maximum Gasteiger partial charge on any atom is 0.141 e. The molecule has 0 amide bonds. The number of nitrogens with zero attached hydrogens (tertiary/aromatic N) is 1. The van der Waals surface area contributed by atoms with E-state index in [1.54, 1.807) is 12.1 Å². The third-order valence-electron chi connectivity index (χ3n) is 2.82. The van der Waals surface area contributed by atoms with Gasteiger partial charge in [-0.3, -0.25) is 4.90 Å². The van der Waals surface area contributed by atoms with Crippen molar-refractivity contribution in [2.75, 3.05) is 13.7 Å². The Morgan fingerprint density at radius 1 is 1.44 bits per heavy atom. The van der Waals surface area contributed by atoms with Gasteiger partial charge in [0.25, 0.3) is 0 Å². The van der Waals surface area contributed by atoms with Crippen LogP contribution in [0.4, 0.5) is 4.39 Å². The van der Waals surface area contributed by atoms with E-state index < -0.39 is 5.82 Å². The molecule has 0 aliphatic heterocycles. The molecule has 4 heteroatoms. The molecular weight excluding hydrogens is 229 g/mol. The van der Waals surface area contributed by atoms with Crippen molar-refractivity contribution >= 4 is 11.6 Å². The summed E-state index contributed by atoms with van der Waals surface area (Å²) >= 11 is 5.70. The summed E-state index contributed by atoms with van der Waals surface area (Å²) in [6.07, 6.45) is 0. The van der Waals surface area contributed by atoms with E-state index in [1.165, 1.54) is 6.07 Å². The lowest BCUT2D eigenvalue weighted by atomic mass is 10.0. The lowest BCUT2D eigenvalue weighted by Crippen LogP contribution is -2.43. The van der Waals surface area contributed by atoms with Crippen LogP contribution < -0.4 is 0 Å². The average molecular weight is 246 g/mol. The zero-order chi connectivity index (χ0) is 12.3. The van der Waals surface area contributed by atoms with Gasteiger partial charge in [-0.2, -0.15) is 0 Å². The molecule has 1 rings (SSSR count). The van der Waals surface area contributed by atoms with E-state index in [0.717, 1.165) is 5.56 Å². The van der Waals surface area contributed by atoms with Gasteiger partial charge in [0.05, 0.1) is 11.6 Å². The van der Waals surface area contributed by atoms with Crippen LogP contribution in [-0.4, -0.2) is 29.2 Å². The SMILES string of the molecule is CN(Cc1ccc(F)c(Cl)c1)C(C)(C)CO. The van der Waals surface area contributed by atoms with Crippen molar-refractivity contribution in [1.82, 2.24) is 4.90 Å². The summed E-state index contributed by atoms with van der Waals surface area (Å²) in [7, 11) is 1.91. The topological polar surface area (TPSA) is 23.5 Å². The van der Waals surface area contributed by atoms with Crippen molar-refractivity contribution in [3.8, 4) is 0 Å². The molecule has 0 heterocycles. The Labute approximate surface area is 101 Å². The van der Waals surface area contributed by atoms with Crippen LogP contribution in [0.1, 0.15) is 19.4 Å². The van der Waals surface area contributed by atoms with Crippen molar-refractivity contribution < 1.29 is 9.50 Å². The van der Waals surface area contributed by atoms with E-state index in [2.05, 4.69) is 0 Å². The Morgan fingerprint density at radius 3 is 2.56 bits per heavy atom. The van der Waals surface area contributed by atoms with Crippen LogP contribution in [0.5, 0.6) is 0 Å². The molecule has 0 saturated carbocycles. The van der Waals surface area contributed by atoms with E-state index in [-0.39, 0.29) is 17.2 Å². The predicted molar refractivity (Wildman–Crippen MR) is 64.0 cm³/mol. The van der Waals surface area contributed by atoms with Gasteiger partial charge in [0.15, 0.2) is 0 Å². The highest BCUT2D eigenvalue weighted by Gasteiger charge is 2.22. The molecule has 1 N–H and O–H groups in total. The normalized spacial score (nSPS) is 12.2. The maximum absolute atomic E-state index is 13.0. The van der Waals surface area contributed by atoms with E-state index in [9.17, 15) is 9.50 Å². The summed E-state index contributed by atoms with van der Waals surface area (Å²) < 4.78 is 13.0. The fourth-order valence-corrected chi connectivity index (χ4v) is 1.45. The molecule has 90 valence electrons. The third-order valence-corrected chi connectivity index (χ3v) is 3.11. The van der Waals surface area contributed by atoms with Crippen LogP contribution in [0.3, 0.4) is 0 Å². The molecule has 0 fully saturated rings. The monoisotopic (exact) mass is 245 g/mol. The molecule has 16 heavy (non-hydrogen) atoms. The van der Waals surface area contributed by atoms with E-state index in [0.29, 0.717) is 6.54 Å². The zero-order valence-electron chi connectivity index (χ0n) is 9.80. The summed E-state index contributed by atoms with van der Waals surface area (Å²) in [4.78, 5) is 2.00. The van der Waals surface area contributed by atoms with Gasteiger partial charge in [0, 0.05) is 12.1 Å². The fraction of sp³-hybridized carbons (Fsp3) is 0.500. The Morgan fingerprint density at radius 2 is 2.06 bits per heavy atom. The summed E-state index contributed by atoms with van der Waals surface area (Å²) in [5.74, 6) is -0.408. The van der Waals surface area contributed by atoms with Gasteiger partial charge in [0.1, 0.15) is 5.82 Å². The second-order valence-corrected chi connectivity index (χ2v) is 4.98. The van der Waals surface area contributed by atoms with Gasteiger partial charge in [-0.1, -0.05) is 17.7 Å². The Hall–Kier alpha value is -0.640. The Bertz CT molecular complexity index is 368. The minimum atomic E-state index is -0.408. The number of hydrogen-bond acceptors (Lipinski definition) is 2. The average Bonchev–Trinajstić information content (AvgIpc) is 2.23. The highest BCUT2D eigenvalue weighted by atomic mass is 35.5. The fourth-order valence-electron chi connectivity index (χ4n) is 1.25. The molecule has 1 aromatic carbocycles. The molecule has 0 aliphatic rings. The first-order valence-corrected chi connectivity index (χ1v) is 5.50. The predicted octanol–water partition coefficient (Wildman–Crippen LogP) is 2.68. The molecular formula is C12H17ClFNO. The molecule has 2 nitrogen and oxygen atoms in total. The van der Waals surface area contributed by atoms with Crippen molar-refractivity contribution in [3.63, 3.8) is 0 Å². The quantitative estimate of drug-likeness (QED) is 0.882. The van der Waals surface area contributed by atoms with Gasteiger partial charge < -0.3 is 5.11 Å². The van der Waals surface area contributed by atoms with Crippen molar-refractivity contribution in [1.29, 1.82) is 0 Å². The lowest BCUT2D eigenvalue weighted by Gasteiger charge is -2.33. The summed E-state index contributed by atoms with van der Waals surface area (Å²) in [5, 5.41) is 9.35. The van der Waals surface area contributed by atoms with E-state index in [1.807, 2.05) is 25.8 Å². The first-order chi connectivity index (χ1) is 7.36. The van der Waals surface area contributed by atoms with Crippen LogP contribution in [0, 0.1) is 5.82 Å². The summed E-state index contributed by atoms with van der Waals surface area (Å²) in [6.45, 7) is 4.57. The molecule has 1 aromatic rings. The standard InChI is InChI=1S/C12H17ClFNO/c1-12(2,8-16)15(3)7-9-4-5-11(14)10(13)6-9/h4-6,16H,7-8H2,1-3H3.